The Balaban J connectivity index is 2.29. The summed E-state index contributed by atoms with van der Waals surface area (Å²) in [5, 5.41) is 0. The molecule has 2 unspecified atom stereocenters. The van der Waals surface area contributed by atoms with Crippen molar-refractivity contribution in [3.05, 3.63) is 35.4 Å². The van der Waals surface area contributed by atoms with Gasteiger partial charge in [-0.05, 0) is 17.5 Å². The Morgan fingerprint density at radius 1 is 1.35 bits per heavy atom. The minimum Gasteiger partial charge on any atom is -0.206 e. The number of fused-ring (bicyclic) bond motifs is 1. The Morgan fingerprint density at radius 3 is 2.65 bits per heavy atom. The molecule has 1 aliphatic carbocycles. The molecule has 17 heavy (non-hydrogen) atoms. The maximum absolute atomic E-state index is 12.3. The van der Waals surface area contributed by atoms with E-state index in [0.29, 0.717) is 6.42 Å². The number of nitrogens with one attached hydrogen (secondary N) is 1. The molecule has 1 aromatic rings. The summed E-state index contributed by atoms with van der Waals surface area (Å²) < 4.78 is 49.0. The number of halogens is 3. The number of sulfonamides is 1. The van der Waals surface area contributed by atoms with Crippen molar-refractivity contribution in [3.8, 4) is 0 Å². The number of hydrogen-bond acceptors (Lipinski definition) is 2. The first-order valence-electron chi connectivity index (χ1n) is 4.93. The van der Waals surface area contributed by atoms with Crippen LogP contribution in [0.4, 0.5) is 8.78 Å². The smallest absolute Gasteiger partial charge is 0.206 e. The van der Waals surface area contributed by atoms with Crippen LogP contribution in [0.1, 0.15) is 17.2 Å². The molecule has 1 aliphatic rings. The molecule has 0 saturated carbocycles. The zero-order valence-electron chi connectivity index (χ0n) is 8.61. The third-order valence-electron chi connectivity index (χ3n) is 2.69. The molecule has 0 fully saturated rings. The SMILES string of the molecule is O=S(=O)(NC1c2ccccc2CC1Br)C(F)F. The standard InChI is InChI=1S/C10H10BrF2NO2S/c11-8-5-6-3-1-2-4-7(6)9(8)14-17(15,16)10(12)13/h1-4,8-10,14H,5H2. The lowest BCUT2D eigenvalue weighted by Gasteiger charge is -2.17. The fourth-order valence-corrected chi connectivity index (χ4v) is 3.60. The average molecular weight is 326 g/mol. The molecule has 0 spiro atoms. The van der Waals surface area contributed by atoms with Gasteiger partial charge < -0.3 is 0 Å². The molecule has 3 nitrogen and oxygen atoms in total. The lowest BCUT2D eigenvalue weighted by atomic mass is 10.1. The maximum Gasteiger partial charge on any atom is 0.350 e. The van der Waals surface area contributed by atoms with Gasteiger partial charge in [-0.3, -0.25) is 0 Å². The first kappa shape index (κ1) is 12.9. The van der Waals surface area contributed by atoms with Crippen LogP contribution in [0, 0.1) is 0 Å². The molecule has 7 heteroatoms. The molecule has 2 rings (SSSR count). The molecule has 0 aromatic heterocycles. The van der Waals surface area contributed by atoms with Crippen molar-refractivity contribution in [1.82, 2.24) is 4.72 Å². The second-order valence-corrected chi connectivity index (χ2v) is 6.68. The molecule has 0 radical (unpaired) electrons. The molecular weight excluding hydrogens is 316 g/mol. The summed E-state index contributed by atoms with van der Waals surface area (Å²) in [4.78, 5) is -0.201. The van der Waals surface area contributed by atoms with Crippen molar-refractivity contribution < 1.29 is 17.2 Å². The summed E-state index contributed by atoms with van der Waals surface area (Å²) in [7, 11) is -4.57. The van der Waals surface area contributed by atoms with E-state index in [2.05, 4.69) is 15.9 Å². The number of alkyl halides is 3. The van der Waals surface area contributed by atoms with Gasteiger partial charge >= 0.3 is 5.76 Å². The Bertz CT molecular complexity index is 521. The molecule has 0 saturated heterocycles. The molecule has 0 aliphatic heterocycles. The van der Waals surface area contributed by atoms with E-state index in [4.69, 9.17) is 0 Å². The van der Waals surface area contributed by atoms with Crippen LogP contribution in [0.3, 0.4) is 0 Å². The summed E-state index contributed by atoms with van der Waals surface area (Å²) in [6.07, 6.45) is 0.618. The lowest BCUT2D eigenvalue weighted by Crippen LogP contribution is -2.35. The van der Waals surface area contributed by atoms with Gasteiger partial charge in [0.25, 0.3) is 10.0 Å². The van der Waals surface area contributed by atoms with Crippen molar-refractivity contribution in [2.45, 2.75) is 23.0 Å². The van der Waals surface area contributed by atoms with E-state index in [1.165, 1.54) is 0 Å². The van der Waals surface area contributed by atoms with Gasteiger partial charge in [-0.2, -0.15) is 8.78 Å². The minimum absolute atomic E-state index is 0.201. The number of benzene rings is 1. The number of hydrogen-bond donors (Lipinski definition) is 1. The fraction of sp³-hybridized carbons (Fsp3) is 0.400. The summed E-state index contributed by atoms with van der Waals surface area (Å²) in [5.41, 5.74) is 1.72. The van der Waals surface area contributed by atoms with Gasteiger partial charge in [0.2, 0.25) is 0 Å². The van der Waals surface area contributed by atoms with Crippen molar-refractivity contribution in [2.24, 2.45) is 0 Å². The highest BCUT2D eigenvalue weighted by atomic mass is 79.9. The predicted molar refractivity (Wildman–Crippen MR) is 63.7 cm³/mol. The Morgan fingerprint density at radius 2 is 2.00 bits per heavy atom. The van der Waals surface area contributed by atoms with Crippen LogP contribution >= 0.6 is 15.9 Å². The molecule has 0 amide bonds. The summed E-state index contributed by atoms with van der Waals surface area (Å²) in [6, 6.07) is 6.57. The predicted octanol–water partition coefficient (Wildman–Crippen LogP) is 2.19. The average Bonchev–Trinajstić information content (AvgIpc) is 2.55. The molecular formula is C10H10BrF2NO2S. The van der Waals surface area contributed by atoms with E-state index in [-0.39, 0.29) is 4.83 Å². The van der Waals surface area contributed by atoms with Crippen LogP contribution in [0.25, 0.3) is 0 Å². The number of rotatable bonds is 3. The zero-order chi connectivity index (χ0) is 12.6. The molecule has 0 heterocycles. The molecule has 1 N–H and O–H groups in total. The third-order valence-corrected chi connectivity index (χ3v) is 4.60. The van der Waals surface area contributed by atoms with Gasteiger partial charge in [0.1, 0.15) is 0 Å². The highest BCUT2D eigenvalue weighted by molar-refractivity contribution is 9.09. The summed E-state index contributed by atoms with van der Waals surface area (Å²) >= 11 is 3.32. The van der Waals surface area contributed by atoms with Gasteiger partial charge in [-0.25, -0.2) is 13.1 Å². The van der Waals surface area contributed by atoms with E-state index in [0.717, 1.165) is 11.1 Å². The van der Waals surface area contributed by atoms with Crippen LogP contribution in [0.2, 0.25) is 0 Å². The second kappa shape index (κ2) is 4.62. The molecule has 0 bridgehead atoms. The van der Waals surface area contributed by atoms with Crippen LogP contribution in [0.15, 0.2) is 24.3 Å². The van der Waals surface area contributed by atoms with E-state index < -0.39 is 21.8 Å². The van der Waals surface area contributed by atoms with Gasteiger partial charge in [-0.1, -0.05) is 40.2 Å². The zero-order valence-corrected chi connectivity index (χ0v) is 11.0. The summed E-state index contributed by atoms with van der Waals surface area (Å²) in [6.45, 7) is 0. The highest BCUT2D eigenvalue weighted by Crippen LogP contribution is 2.36. The van der Waals surface area contributed by atoms with Gasteiger partial charge in [0.05, 0.1) is 6.04 Å². The van der Waals surface area contributed by atoms with Crippen LogP contribution in [-0.4, -0.2) is 19.0 Å². The first-order chi connectivity index (χ1) is 7.92. The fourth-order valence-electron chi connectivity index (χ4n) is 1.91. The van der Waals surface area contributed by atoms with Gasteiger partial charge in [-0.15, -0.1) is 0 Å². The normalized spacial score (nSPS) is 24.0. The Labute approximate surface area is 106 Å². The van der Waals surface area contributed by atoms with E-state index in [9.17, 15) is 17.2 Å². The molecule has 1 aromatic carbocycles. The van der Waals surface area contributed by atoms with Gasteiger partial charge in [0.15, 0.2) is 0 Å². The monoisotopic (exact) mass is 325 g/mol. The first-order valence-corrected chi connectivity index (χ1v) is 7.39. The second-order valence-electron chi connectivity index (χ2n) is 3.82. The quantitative estimate of drug-likeness (QED) is 0.866. The van der Waals surface area contributed by atoms with Crippen LogP contribution in [-0.2, 0) is 16.4 Å². The Hall–Kier alpha value is -0.530. The van der Waals surface area contributed by atoms with Crippen molar-refractivity contribution in [2.75, 3.05) is 0 Å². The van der Waals surface area contributed by atoms with Gasteiger partial charge in [0, 0.05) is 4.83 Å². The highest BCUT2D eigenvalue weighted by Gasteiger charge is 2.36. The topological polar surface area (TPSA) is 46.2 Å². The third kappa shape index (κ3) is 2.51. The van der Waals surface area contributed by atoms with Crippen LogP contribution < -0.4 is 4.72 Å². The van der Waals surface area contributed by atoms with Crippen molar-refractivity contribution >= 4 is 26.0 Å². The van der Waals surface area contributed by atoms with E-state index >= 15 is 0 Å². The van der Waals surface area contributed by atoms with E-state index in [1.54, 1.807) is 12.1 Å². The minimum atomic E-state index is -4.57. The lowest BCUT2D eigenvalue weighted by molar-refractivity contribution is 0.231. The largest absolute Gasteiger partial charge is 0.350 e. The molecule has 94 valence electrons. The van der Waals surface area contributed by atoms with Crippen LogP contribution in [0.5, 0.6) is 0 Å². The maximum atomic E-state index is 12.3. The van der Waals surface area contributed by atoms with Crippen molar-refractivity contribution in [3.63, 3.8) is 0 Å². The van der Waals surface area contributed by atoms with E-state index in [1.807, 2.05) is 16.9 Å². The van der Waals surface area contributed by atoms with Crippen molar-refractivity contribution in [1.29, 1.82) is 0 Å². The summed E-state index contributed by atoms with van der Waals surface area (Å²) in [5.74, 6) is -3.41. The molecule has 2 atom stereocenters. The Kier molecular flexibility index (Phi) is 3.51.